The Morgan fingerprint density at radius 3 is 2.80 bits per heavy atom. The molecule has 0 bridgehead atoms. The monoisotopic (exact) mass is 297 g/mol. The smallest absolute Gasteiger partial charge is 0.335 e. The van der Waals surface area contributed by atoms with E-state index in [2.05, 4.69) is 25.7 Å². The Hall–Kier alpha value is -1.10. The first-order valence-corrected chi connectivity index (χ1v) is 7.06. The molecule has 1 fully saturated rings. The van der Waals surface area contributed by atoms with Gasteiger partial charge in [0.05, 0.1) is 17.3 Å². The molecule has 1 saturated heterocycles. The fourth-order valence-electron chi connectivity index (χ4n) is 2.76. The van der Waals surface area contributed by atoms with Gasteiger partial charge in [0.2, 0.25) is 0 Å². The summed E-state index contributed by atoms with van der Waals surface area (Å²) in [6.07, 6.45) is 0.177. The molecule has 5 heteroatoms. The van der Waals surface area contributed by atoms with Crippen LogP contribution in [0.5, 0.6) is 0 Å². The summed E-state index contributed by atoms with van der Waals surface area (Å²) in [5.74, 6) is -0.959. The van der Waals surface area contributed by atoms with Crippen LogP contribution in [0, 0.1) is 0 Å². The second-order valence-corrected chi connectivity index (χ2v) is 6.38. The highest BCUT2D eigenvalue weighted by molar-refractivity contribution is 6.31. The maximum absolute atomic E-state index is 10.9. The zero-order valence-corrected chi connectivity index (χ0v) is 12.8. The first kappa shape index (κ1) is 15.3. The van der Waals surface area contributed by atoms with Gasteiger partial charge in [-0.1, -0.05) is 17.7 Å². The second-order valence-electron chi connectivity index (χ2n) is 5.97. The molecule has 0 aromatic heterocycles. The topological polar surface area (TPSA) is 49.8 Å². The molecule has 0 aliphatic carbocycles. The molecule has 1 unspecified atom stereocenters. The number of carboxylic acid groups (broad SMARTS) is 1. The summed E-state index contributed by atoms with van der Waals surface area (Å²) in [6, 6.07) is 4.89. The first-order valence-electron chi connectivity index (χ1n) is 6.69. The van der Waals surface area contributed by atoms with E-state index in [1.165, 1.54) is 6.07 Å². The minimum absolute atomic E-state index is 0.175. The van der Waals surface area contributed by atoms with Gasteiger partial charge in [-0.05, 0) is 38.5 Å². The van der Waals surface area contributed by atoms with Crippen LogP contribution in [0.1, 0.15) is 36.7 Å². The van der Waals surface area contributed by atoms with Gasteiger partial charge in [-0.3, -0.25) is 4.90 Å². The van der Waals surface area contributed by atoms with Crippen LogP contribution in [0.15, 0.2) is 18.2 Å². The van der Waals surface area contributed by atoms with Crippen molar-refractivity contribution in [3.8, 4) is 0 Å². The summed E-state index contributed by atoms with van der Waals surface area (Å²) in [4.78, 5) is 13.2. The summed E-state index contributed by atoms with van der Waals surface area (Å²) >= 11 is 6.18. The fourth-order valence-corrected chi connectivity index (χ4v) is 3.00. The third kappa shape index (κ3) is 3.72. The number of benzene rings is 1. The molecule has 0 saturated carbocycles. The van der Waals surface area contributed by atoms with Gasteiger partial charge < -0.3 is 9.84 Å². The molecule has 20 heavy (non-hydrogen) atoms. The Morgan fingerprint density at radius 2 is 2.25 bits per heavy atom. The number of rotatable bonds is 3. The van der Waals surface area contributed by atoms with Gasteiger partial charge in [-0.15, -0.1) is 0 Å². The molecule has 110 valence electrons. The Balaban J connectivity index is 2.12. The van der Waals surface area contributed by atoms with E-state index in [1.54, 1.807) is 12.1 Å². The Kier molecular flexibility index (Phi) is 4.37. The van der Waals surface area contributed by atoms with Crippen LogP contribution in [0.4, 0.5) is 0 Å². The van der Waals surface area contributed by atoms with Crippen LogP contribution in [-0.2, 0) is 11.3 Å². The van der Waals surface area contributed by atoms with Gasteiger partial charge in [-0.25, -0.2) is 4.79 Å². The van der Waals surface area contributed by atoms with E-state index < -0.39 is 5.97 Å². The molecular formula is C15H20ClNO3. The number of ether oxygens (including phenoxy) is 1. The lowest BCUT2D eigenvalue weighted by molar-refractivity contribution is -0.130. The predicted molar refractivity (Wildman–Crippen MR) is 78.3 cm³/mol. The molecule has 4 nitrogen and oxygen atoms in total. The third-order valence-electron chi connectivity index (χ3n) is 3.33. The highest BCUT2D eigenvalue weighted by Gasteiger charge is 2.31. The highest BCUT2D eigenvalue weighted by Crippen LogP contribution is 2.25. The second kappa shape index (κ2) is 5.72. The quantitative estimate of drug-likeness (QED) is 0.931. The predicted octanol–water partition coefficient (Wildman–Crippen LogP) is 3.04. The Labute approximate surface area is 124 Å². The molecule has 1 atom stereocenters. The number of carboxylic acids is 1. The lowest BCUT2D eigenvalue weighted by Gasteiger charge is -2.41. The first-order chi connectivity index (χ1) is 9.27. The zero-order chi connectivity index (χ0) is 14.9. The van der Waals surface area contributed by atoms with Gasteiger partial charge in [-0.2, -0.15) is 0 Å². The van der Waals surface area contributed by atoms with Crippen molar-refractivity contribution in [3.05, 3.63) is 34.3 Å². The average Bonchev–Trinajstić information content (AvgIpc) is 2.28. The number of hydrogen-bond donors (Lipinski definition) is 1. The highest BCUT2D eigenvalue weighted by atomic mass is 35.5. The summed E-state index contributed by atoms with van der Waals surface area (Å²) in [5, 5.41) is 9.44. The summed E-state index contributed by atoms with van der Waals surface area (Å²) in [5.41, 5.74) is 0.988. The van der Waals surface area contributed by atoms with Crippen LogP contribution in [0.2, 0.25) is 5.02 Å². The minimum atomic E-state index is -0.959. The number of halogens is 1. The van der Waals surface area contributed by atoms with E-state index in [0.717, 1.165) is 18.7 Å². The van der Waals surface area contributed by atoms with Crippen LogP contribution < -0.4 is 0 Å². The molecule has 1 aliphatic heterocycles. The molecule has 1 aliphatic rings. The number of hydrogen-bond acceptors (Lipinski definition) is 3. The molecule has 0 radical (unpaired) electrons. The molecule has 1 heterocycles. The van der Waals surface area contributed by atoms with Gasteiger partial charge in [0.15, 0.2) is 0 Å². The average molecular weight is 298 g/mol. The van der Waals surface area contributed by atoms with Crippen LogP contribution in [0.25, 0.3) is 0 Å². The standard InChI is InChI=1S/C15H20ClNO3/c1-10-7-17(9-15(2,3)20-10)8-12-5-4-11(14(18)19)6-13(12)16/h4-6,10H,7-9H2,1-3H3,(H,18,19). The van der Waals surface area contributed by atoms with Crippen molar-refractivity contribution in [1.29, 1.82) is 0 Å². The van der Waals surface area contributed by atoms with Crippen LogP contribution >= 0.6 is 11.6 Å². The van der Waals surface area contributed by atoms with Gasteiger partial charge in [0.25, 0.3) is 0 Å². The number of nitrogens with zero attached hydrogens (tertiary/aromatic N) is 1. The normalized spacial score (nSPS) is 22.7. The Morgan fingerprint density at radius 1 is 1.55 bits per heavy atom. The summed E-state index contributed by atoms with van der Waals surface area (Å²) in [7, 11) is 0. The van der Waals surface area contributed by atoms with E-state index in [4.69, 9.17) is 21.4 Å². The van der Waals surface area contributed by atoms with E-state index in [1.807, 2.05) is 0 Å². The molecular weight excluding hydrogens is 278 g/mol. The van der Waals surface area contributed by atoms with Crippen molar-refractivity contribution in [1.82, 2.24) is 4.90 Å². The zero-order valence-electron chi connectivity index (χ0n) is 12.0. The lowest BCUT2D eigenvalue weighted by Crippen LogP contribution is -2.51. The van der Waals surface area contributed by atoms with Crippen LogP contribution in [0.3, 0.4) is 0 Å². The van der Waals surface area contributed by atoms with Gasteiger partial charge in [0.1, 0.15) is 0 Å². The van der Waals surface area contributed by atoms with E-state index in [9.17, 15) is 4.79 Å². The van der Waals surface area contributed by atoms with Crippen molar-refractivity contribution >= 4 is 17.6 Å². The van der Waals surface area contributed by atoms with Crippen LogP contribution in [-0.4, -0.2) is 40.8 Å². The third-order valence-corrected chi connectivity index (χ3v) is 3.69. The van der Waals surface area contributed by atoms with Crippen molar-refractivity contribution in [3.63, 3.8) is 0 Å². The number of aromatic carboxylic acids is 1. The van der Waals surface area contributed by atoms with E-state index >= 15 is 0 Å². The molecule has 2 rings (SSSR count). The molecule has 1 N–H and O–H groups in total. The van der Waals surface area contributed by atoms with Gasteiger partial charge >= 0.3 is 5.97 Å². The SMILES string of the molecule is CC1CN(Cc2ccc(C(=O)O)cc2Cl)CC(C)(C)O1. The minimum Gasteiger partial charge on any atom is -0.478 e. The maximum atomic E-state index is 10.9. The van der Waals surface area contributed by atoms with E-state index in [0.29, 0.717) is 11.6 Å². The van der Waals surface area contributed by atoms with Crippen molar-refractivity contribution < 1.29 is 14.6 Å². The summed E-state index contributed by atoms with van der Waals surface area (Å²) in [6.45, 7) is 8.59. The van der Waals surface area contributed by atoms with Crippen molar-refractivity contribution in [2.24, 2.45) is 0 Å². The maximum Gasteiger partial charge on any atom is 0.335 e. The molecule has 0 spiro atoms. The fraction of sp³-hybridized carbons (Fsp3) is 0.533. The number of morpholine rings is 1. The molecule has 1 aromatic carbocycles. The van der Waals surface area contributed by atoms with Gasteiger partial charge in [0, 0.05) is 24.7 Å². The molecule has 0 amide bonds. The lowest BCUT2D eigenvalue weighted by atomic mass is 10.0. The molecule has 1 aromatic rings. The van der Waals surface area contributed by atoms with Crippen molar-refractivity contribution in [2.45, 2.75) is 39.0 Å². The number of carbonyl (C=O) groups is 1. The summed E-state index contributed by atoms with van der Waals surface area (Å²) < 4.78 is 5.87. The van der Waals surface area contributed by atoms with E-state index in [-0.39, 0.29) is 17.3 Å². The van der Waals surface area contributed by atoms with Crippen molar-refractivity contribution in [2.75, 3.05) is 13.1 Å². The Bertz CT molecular complexity index is 516. The largest absolute Gasteiger partial charge is 0.478 e.